The van der Waals surface area contributed by atoms with E-state index in [4.69, 9.17) is 0 Å². The van der Waals surface area contributed by atoms with Gasteiger partial charge in [0.1, 0.15) is 11.6 Å². The molecular weight excluding hydrogens is 270 g/mol. The fourth-order valence-electron chi connectivity index (χ4n) is 2.14. The summed E-state index contributed by atoms with van der Waals surface area (Å²) < 4.78 is 26.9. The van der Waals surface area contributed by atoms with Crippen LogP contribution in [0.2, 0.25) is 0 Å². The number of benzene rings is 2. The van der Waals surface area contributed by atoms with Gasteiger partial charge in [-0.05, 0) is 42.8 Å². The molecule has 2 nitrogen and oxygen atoms in total. The molecule has 112 valence electrons. The Balaban J connectivity index is 2.00. The van der Waals surface area contributed by atoms with E-state index < -0.39 is 5.82 Å². The van der Waals surface area contributed by atoms with Gasteiger partial charge in [-0.2, -0.15) is 0 Å². The number of anilines is 1. The molecule has 0 fully saturated rings. The van der Waals surface area contributed by atoms with E-state index in [2.05, 4.69) is 5.32 Å². The Morgan fingerprint density at radius 2 is 1.71 bits per heavy atom. The molecule has 2 aromatic carbocycles. The monoisotopic (exact) mass is 290 g/mol. The molecule has 0 spiro atoms. The van der Waals surface area contributed by atoms with Crippen molar-refractivity contribution in [1.82, 2.24) is 5.32 Å². The zero-order valence-corrected chi connectivity index (χ0v) is 12.5. The Bertz CT molecular complexity index is 594. The maximum atomic E-state index is 13.7. The summed E-state index contributed by atoms with van der Waals surface area (Å²) in [5.74, 6) is -0.810. The highest BCUT2D eigenvalue weighted by Gasteiger charge is 2.11. The highest BCUT2D eigenvalue weighted by molar-refractivity contribution is 5.46. The molecule has 21 heavy (non-hydrogen) atoms. The maximum absolute atomic E-state index is 13.7. The van der Waals surface area contributed by atoms with E-state index in [1.54, 1.807) is 0 Å². The molecule has 1 atom stereocenters. The van der Waals surface area contributed by atoms with E-state index in [0.29, 0.717) is 12.1 Å². The van der Waals surface area contributed by atoms with E-state index in [-0.39, 0.29) is 11.9 Å². The predicted molar refractivity (Wildman–Crippen MR) is 82.4 cm³/mol. The Labute approximate surface area is 124 Å². The molecule has 0 radical (unpaired) electrons. The van der Waals surface area contributed by atoms with Gasteiger partial charge in [-0.25, -0.2) is 8.78 Å². The van der Waals surface area contributed by atoms with Crippen LogP contribution in [-0.2, 0) is 6.54 Å². The predicted octanol–water partition coefficient (Wildman–Crippen LogP) is 3.88. The van der Waals surface area contributed by atoms with Crippen LogP contribution in [0.15, 0.2) is 42.5 Å². The summed E-state index contributed by atoms with van der Waals surface area (Å²) in [6.07, 6.45) is 0. The lowest BCUT2D eigenvalue weighted by Gasteiger charge is -2.16. The minimum absolute atomic E-state index is 0.255. The smallest absolute Gasteiger partial charge is 0.128 e. The van der Waals surface area contributed by atoms with Crippen molar-refractivity contribution in [2.24, 2.45) is 0 Å². The summed E-state index contributed by atoms with van der Waals surface area (Å²) >= 11 is 0. The Morgan fingerprint density at radius 3 is 2.33 bits per heavy atom. The van der Waals surface area contributed by atoms with Crippen LogP contribution in [0, 0.1) is 11.6 Å². The summed E-state index contributed by atoms with van der Waals surface area (Å²) in [6, 6.07) is 11.4. The van der Waals surface area contributed by atoms with Crippen molar-refractivity contribution in [2.45, 2.75) is 19.5 Å². The summed E-state index contributed by atoms with van der Waals surface area (Å²) in [7, 11) is 3.98. The average Bonchev–Trinajstić information content (AvgIpc) is 2.47. The third-order valence-corrected chi connectivity index (χ3v) is 3.49. The normalized spacial score (nSPS) is 12.2. The molecule has 0 heterocycles. The lowest BCUT2D eigenvalue weighted by Crippen LogP contribution is -2.19. The van der Waals surface area contributed by atoms with Crippen LogP contribution >= 0.6 is 0 Å². The van der Waals surface area contributed by atoms with Crippen LogP contribution in [0.5, 0.6) is 0 Å². The second-order valence-corrected chi connectivity index (χ2v) is 5.33. The van der Waals surface area contributed by atoms with Gasteiger partial charge < -0.3 is 10.2 Å². The van der Waals surface area contributed by atoms with E-state index in [1.807, 2.05) is 50.2 Å². The summed E-state index contributed by atoms with van der Waals surface area (Å²) in [6.45, 7) is 2.43. The van der Waals surface area contributed by atoms with Crippen LogP contribution in [0.3, 0.4) is 0 Å². The first-order chi connectivity index (χ1) is 9.97. The van der Waals surface area contributed by atoms with Gasteiger partial charge in [-0.15, -0.1) is 0 Å². The quantitative estimate of drug-likeness (QED) is 0.899. The zero-order chi connectivity index (χ0) is 15.4. The van der Waals surface area contributed by atoms with Crippen LogP contribution < -0.4 is 10.2 Å². The van der Waals surface area contributed by atoms with Gasteiger partial charge in [0.25, 0.3) is 0 Å². The first-order valence-corrected chi connectivity index (χ1v) is 6.92. The minimum Gasteiger partial charge on any atom is -0.378 e. The number of halogens is 2. The lowest BCUT2D eigenvalue weighted by molar-refractivity contribution is 0.518. The van der Waals surface area contributed by atoms with E-state index >= 15 is 0 Å². The largest absolute Gasteiger partial charge is 0.378 e. The molecule has 1 N–H and O–H groups in total. The van der Waals surface area contributed by atoms with E-state index in [0.717, 1.165) is 23.4 Å². The molecule has 0 bridgehead atoms. The molecule has 1 unspecified atom stereocenters. The summed E-state index contributed by atoms with van der Waals surface area (Å²) in [5.41, 5.74) is 2.58. The van der Waals surface area contributed by atoms with Gasteiger partial charge in [0.2, 0.25) is 0 Å². The second kappa shape index (κ2) is 6.68. The van der Waals surface area contributed by atoms with Gasteiger partial charge in [0, 0.05) is 37.9 Å². The molecule has 0 amide bonds. The highest BCUT2D eigenvalue weighted by atomic mass is 19.1. The van der Waals surface area contributed by atoms with Crippen LogP contribution in [0.4, 0.5) is 14.5 Å². The van der Waals surface area contributed by atoms with Gasteiger partial charge in [-0.3, -0.25) is 0 Å². The van der Waals surface area contributed by atoms with Crippen molar-refractivity contribution in [2.75, 3.05) is 19.0 Å². The highest BCUT2D eigenvalue weighted by Crippen LogP contribution is 2.19. The topological polar surface area (TPSA) is 15.3 Å². The summed E-state index contributed by atoms with van der Waals surface area (Å²) in [4.78, 5) is 2.03. The lowest BCUT2D eigenvalue weighted by atomic mass is 10.1. The molecule has 0 aromatic heterocycles. The average molecular weight is 290 g/mol. The standard InChI is InChI=1S/C17H20F2N2/c1-12(16-10-14(18)6-9-17(16)19)20-11-13-4-7-15(8-5-13)21(2)3/h4-10,12,20H,11H2,1-3H3. The van der Waals surface area contributed by atoms with Crippen LogP contribution in [0.1, 0.15) is 24.1 Å². The van der Waals surface area contributed by atoms with Crippen molar-refractivity contribution in [3.05, 3.63) is 65.2 Å². The van der Waals surface area contributed by atoms with Crippen LogP contribution in [-0.4, -0.2) is 14.1 Å². The fraction of sp³-hybridized carbons (Fsp3) is 0.294. The Hall–Kier alpha value is -1.94. The molecule has 0 saturated carbocycles. The molecule has 0 aliphatic heterocycles. The van der Waals surface area contributed by atoms with Gasteiger partial charge in [0.05, 0.1) is 0 Å². The number of hydrogen-bond acceptors (Lipinski definition) is 2. The van der Waals surface area contributed by atoms with Crippen molar-refractivity contribution < 1.29 is 8.78 Å². The second-order valence-electron chi connectivity index (χ2n) is 5.33. The molecular formula is C17H20F2N2. The van der Waals surface area contributed by atoms with Gasteiger partial charge in [0.15, 0.2) is 0 Å². The van der Waals surface area contributed by atoms with E-state index in [1.165, 1.54) is 6.07 Å². The third kappa shape index (κ3) is 4.02. The SMILES string of the molecule is CC(NCc1ccc(N(C)C)cc1)c1cc(F)ccc1F. The molecule has 2 rings (SSSR count). The van der Waals surface area contributed by atoms with Crippen LogP contribution in [0.25, 0.3) is 0 Å². The molecule has 2 aromatic rings. The number of hydrogen-bond donors (Lipinski definition) is 1. The van der Waals surface area contributed by atoms with Crippen molar-refractivity contribution in [1.29, 1.82) is 0 Å². The Morgan fingerprint density at radius 1 is 1.05 bits per heavy atom. The fourth-order valence-corrected chi connectivity index (χ4v) is 2.14. The number of nitrogens with zero attached hydrogens (tertiary/aromatic N) is 1. The summed E-state index contributed by atoms with van der Waals surface area (Å²) in [5, 5.41) is 3.21. The van der Waals surface area contributed by atoms with E-state index in [9.17, 15) is 8.78 Å². The first kappa shape index (κ1) is 15.4. The molecule has 0 saturated heterocycles. The molecule has 4 heteroatoms. The van der Waals surface area contributed by atoms with Crippen molar-refractivity contribution in [3.8, 4) is 0 Å². The number of nitrogens with one attached hydrogen (secondary N) is 1. The van der Waals surface area contributed by atoms with Gasteiger partial charge >= 0.3 is 0 Å². The maximum Gasteiger partial charge on any atom is 0.128 e. The minimum atomic E-state index is -0.421. The Kier molecular flexibility index (Phi) is 4.91. The third-order valence-electron chi connectivity index (χ3n) is 3.49. The first-order valence-electron chi connectivity index (χ1n) is 6.92. The number of rotatable bonds is 5. The zero-order valence-electron chi connectivity index (χ0n) is 12.5. The van der Waals surface area contributed by atoms with Crippen molar-refractivity contribution in [3.63, 3.8) is 0 Å². The molecule has 0 aliphatic carbocycles. The van der Waals surface area contributed by atoms with Gasteiger partial charge in [-0.1, -0.05) is 12.1 Å². The molecule has 0 aliphatic rings. The van der Waals surface area contributed by atoms with Crippen molar-refractivity contribution >= 4 is 5.69 Å².